The van der Waals surface area contributed by atoms with Gasteiger partial charge in [0.15, 0.2) is 0 Å². The second-order valence-corrected chi connectivity index (χ2v) is 4.83. The summed E-state index contributed by atoms with van der Waals surface area (Å²) < 4.78 is 31.9. The number of para-hydroxylation sites is 1. The Morgan fingerprint density at radius 3 is 2.74 bits per heavy atom. The predicted molar refractivity (Wildman–Crippen MR) is 86.2 cm³/mol. The molecule has 5 heteroatoms. The van der Waals surface area contributed by atoms with Gasteiger partial charge in [0, 0.05) is 17.7 Å². The topological polar surface area (TPSA) is 38.3 Å². The molecule has 0 bridgehead atoms. The number of hydrogen-bond acceptors (Lipinski definition) is 2. The number of carbonyl (C=O) groups excluding carboxylic acids is 1. The lowest BCUT2D eigenvalue weighted by Crippen LogP contribution is -2.09. The Hall–Kier alpha value is -2.69. The Balaban J connectivity index is 2.06. The van der Waals surface area contributed by atoms with Crippen LogP contribution in [0.25, 0.3) is 6.08 Å². The molecule has 1 amide bonds. The van der Waals surface area contributed by atoms with Gasteiger partial charge in [-0.1, -0.05) is 25.1 Å². The fourth-order valence-corrected chi connectivity index (χ4v) is 1.89. The molecule has 0 radical (unpaired) electrons. The van der Waals surface area contributed by atoms with Crippen LogP contribution in [0.3, 0.4) is 0 Å². The highest BCUT2D eigenvalue weighted by atomic mass is 19.1. The Morgan fingerprint density at radius 1 is 1.22 bits per heavy atom. The van der Waals surface area contributed by atoms with Crippen molar-refractivity contribution in [2.24, 2.45) is 0 Å². The number of rotatable bonds is 6. The summed E-state index contributed by atoms with van der Waals surface area (Å²) >= 11 is 0. The Bertz CT molecular complexity index is 714. The summed E-state index contributed by atoms with van der Waals surface area (Å²) in [5, 5.41) is 2.36. The first-order valence-corrected chi connectivity index (χ1v) is 7.26. The van der Waals surface area contributed by atoms with E-state index in [-0.39, 0.29) is 5.69 Å². The fraction of sp³-hybridized carbons (Fsp3) is 0.167. The summed E-state index contributed by atoms with van der Waals surface area (Å²) in [6.07, 6.45) is 3.74. The third kappa shape index (κ3) is 4.92. The Kier molecular flexibility index (Phi) is 5.86. The molecule has 0 aliphatic rings. The first-order chi connectivity index (χ1) is 11.1. The van der Waals surface area contributed by atoms with Crippen LogP contribution < -0.4 is 10.1 Å². The molecule has 0 heterocycles. The molecule has 0 atom stereocenters. The van der Waals surface area contributed by atoms with E-state index in [1.54, 1.807) is 6.08 Å². The SMILES string of the molecule is CCCOc1ccccc1/C=C/C(=O)Nc1ccc(F)cc1F. The van der Waals surface area contributed by atoms with Gasteiger partial charge in [0.1, 0.15) is 17.4 Å². The van der Waals surface area contributed by atoms with Crippen molar-refractivity contribution in [2.75, 3.05) is 11.9 Å². The molecular formula is C18H17F2NO2. The van der Waals surface area contributed by atoms with Crippen LogP contribution >= 0.6 is 0 Å². The van der Waals surface area contributed by atoms with E-state index in [0.29, 0.717) is 18.4 Å². The van der Waals surface area contributed by atoms with Gasteiger partial charge >= 0.3 is 0 Å². The number of anilines is 1. The maximum Gasteiger partial charge on any atom is 0.248 e. The van der Waals surface area contributed by atoms with E-state index in [1.165, 1.54) is 12.1 Å². The lowest BCUT2D eigenvalue weighted by atomic mass is 10.2. The molecule has 0 aliphatic heterocycles. The number of amides is 1. The van der Waals surface area contributed by atoms with Crippen molar-refractivity contribution in [1.82, 2.24) is 0 Å². The van der Waals surface area contributed by atoms with E-state index >= 15 is 0 Å². The van der Waals surface area contributed by atoms with E-state index in [1.807, 2.05) is 31.2 Å². The van der Waals surface area contributed by atoms with Gasteiger partial charge in [0.25, 0.3) is 0 Å². The molecule has 23 heavy (non-hydrogen) atoms. The van der Waals surface area contributed by atoms with Crippen LogP contribution in [0.5, 0.6) is 5.75 Å². The molecular weight excluding hydrogens is 300 g/mol. The first-order valence-electron chi connectivity index (χ1n) is 7.26. The standard InChI is InChI=1S/C18H17F2NO2/c1-2-11-23-17-6-4-3-5-13(17)7-10-18(22)21-16-9-8-14(19)12-15(16)20/h3-10,12H,2,11H2,1H3,(H,21,22)/b10-7+. The highest BCUT2D eigenvalue weighted by molar-refractivity contribution is 6.02. The zero-order valence-corrected chi connectivity index (χ0v) is 12.7. The summed E-state index contributed by atoms with van der Waals surface area (Å²) in [5.74, 6) is -1.36. The average molecular weight is 317 g/mol. The molecule has 0 saturated carbocycles. The predicted octanol–water partition coefficient (Wildman–Crippen LogP) is 4.41. The van der Waals surface area contributed by atoms with E-state index < -0.39 is 17.5 Å². The molecule has 0 saturated heterocycles. The third-order valence-electron chi connectivity index (χ3n) is 2.98. The van der Waals surface area contributed by atoms with Crippen molar-refractivity contribution >= 4 is 17.7 Å². The summed E-state index contributed by atoms with van der Waals surface area (Å²) in [5.41, 5.74) is 0.673. The number of nitrogens with one attached hydrogen (secondary N) is 1. The zero-order valence-electron chi connectivity index (χ0n) is 12.7. The van der Waals surface area contributed by atoms with Crippen molar-refractivity contribution in [3.63, 3.8) is 0 Å². The minimum Gasteiger partial charge on any atom is -0.493 e. The van der Waals surface area contributed by atoms with Crippen LogP contribution in [0, 0.1) is 11.6 Å². The van der Waals surface area contributed by atoms with Crippen molar-refractivity contribution < 1.29 is 18.3 Å². The van der Waals surface area contributed by atoms with E-state index in [0.717, 1.165) is 18.1 Å². The van der Waals surface area contributed by atoms with E-state index in [2.05, 4.69) is 5.32 Å². The van der Waals surface area contributed by atoms with Crippen molar-refractivity contribution in [1.29, 1.82) is 0 Å². The van der Waals surface area contributed by atoms with Crippen LogP contribution in [0.1, 0.15) is 18.9 Å². The van der Waals surface area contributed by atoms with Gasteiger partial charge in [-0.3, -0.25) is 4.79 Å². The summed E-state index contributed by atoms with van der Waals surface area (Å²) in [4.78, 5) is 11.8. The number of carbonyl (C=O) groups is 1. The first kappa shape index (κ1) is 16.7. The molecule has 0 spiro atoms. The number of benzene rings is 2. The van der Waals surface area contributed by atoms with Crippen LogP contribution in [-0.2, 0) is 4.79 Å². The lowest BCUT2D eigenvalue weighted by Gasteiger charge is -2.07. The zero-order chi connectivity index (χ0) is 16.7. The van der Waals surface area contributed by atoms with Crippen molar-refractivity contribution in [3.8, 4) is 5.75 Å². The van der Waals surface area contributed by atoms with E-state index in [4.69, 9.17) is 4.74 Å². The average Bonchev–Trinajstić information content (AvgIpc) is 2.54. The lowest BCUT2D eigenvalue weighted by molar-refractivity contribution is -0.111. The Morgan fingerprint density at radius 2 is 2.00 bits per heavy atom. The number of ether oxygens (including phenoxy) is 1. The summed E-state index contributed by atoms with van der Waals surface area (Å²) in [7, 11) is 0. The molecule has 0 aliphatic carbocycles. The van der Waals surface area contributed by atoms with Crippen LogP contribution in [-0.4, -0.2) is 12.5 Å². The maximum absolute atomic E-state index is 13.5. The highest BCUT2D eigenvalue weighted by Gasteiger charge is 2.06. The molecule has 0 unspecified atom stereocenters. The van der Waals surface area contributed by atoms with Gasteiger partial charge < -0.3 is 10.1 Å². The van der Waals surface area contributed by atoms with Gasteiger partial charge in [0.05, 0.1) is 12.3 Å². The second kappa shape index (κ2) is 8.08. The third-order valence-corrected chi connectivity index (χ3v) is 2.98. The number of hydrogen-bond donors (Lipinski definition) is 1. The minimum absolute atomic E-state index is 0.0726. The van der Waals surface area contributed by atoms with Gasteiger partial charge in [-0.05, 0) is 30.7 Å². The van der Waals surface area contributed by atoms with Crippen molar-refractivity contribution in [2.45, 2.75) is 13.3 Å². The monoisotopic (exact) mass is 317 g/mol. The molecule has 120 valence electrons. The molecule has 3 nitrogen and oxygen atoms in total. The fourth-order valence-electron chi connectivity index (χ4n) is 1.89. The summed E-state index contributed by atoms with van der Waals surface area (Å²) in [6.45, 7) is 2.58. The van der Waals surface area contributed by atoms with Gasteiger partial charge in [-0.25, -0.2) is 8.78 Å². The minimum atomic E-state index is -0.821. The van der Waals surface area contributed by atoms with E-state index in [9.17, 15) is 13.6 Å². The quantitative estimate of drug-likeness (QED) is 0.802. The van der Waals surface area contributed by atoms with Gasteiger partial charge in [-0.15, -0.1) is 0 Å². The van der Waals surface area contributed by atoms with Crippen molar-refractivity contribution in [3.05, 3.63) is 65.7 Å². The second-order valence-electron chi connectivity index (χ2n) is 4.83. The molecule has 0 aromatic heterocycles. The van der Waals surface area contributed by atoms with Crippen LogP contribution in [0.4, 0.5) is 14.5 Å². The molecule has 0 fully saturated rings. The smallest absolute Gasteiger partial charge is 0.248 e. The number of halogens is 2. The van der Waals surface area contributed by atoms with Gasteiger partial charge in [0.2, 0.25) is 5.91 Å². The normalized spacial score (nSPS) is 10.7. The highest BCUT2D eigenvalue weighted by Crippen LogP contribution is 2.20. The summed E-state index contributed by atoms with van der Waals surface area (Å²) in [6, 6.07) is 10.3. The molecule has 1 N–H and O–H groups in total. The van der Waals surface area contributed by atoms with Crippen LogP contribution in [0.15, 0.2) is 48.5 Å². The largest absolute Gasteiger partial charge is 0.493 e. The molecule has 2 aromatic rings. The maximum atomic E-state index is 13.5. The van der Waals surface area contributed by atoms with Gasteiger partial charge in [-0.2, -0.15) is 0 Å². The van der Waals surface area contributed by atoms with Crippen LogP contribution in [0.2, 0.25) is 0 Å². The Labute approximate surface area is 133 Å². The molecule has 2 aromatic carbocycles. The molecule has 2 rings (SSSR count).